The lowest BCUT2D eigenvalue weighted by molar-refractivity contribution is -0.141. The molecule has 10 heteroatoms. The van der Waals surface area contributed by atoms with Gasteiger partial charge in [0.05, 0.1) is 0 Å². The fourth-order valence-electron chi connectivity index (χ4n) is 1.81. The van der Waals surface area contributed by atoms with E-state index in [1.807, 2.05) is 5.32 Å². The van der Waals surface area contributed by atoms with Gasteiger partial charge in [0, 0.05) is 12.1 Å². The highest BCUT2D eigenvalue weighted by molar-refractivity contribution is 5.59. The maximum Gasteiger partial charge on any atom is 0.433 e. The molecule has 0 bridgehead atoms. The number of hydrogen-bond donors (Lipinski definition) is 2. The predicted molar refractivity (Wildman–Crippen MR) is 80.0 cm³/mol. The van der Waals surface area contributed by atoms with E-state index >= 15 is 0 Å². The zero-order valence-electron chi connectivity index (χ0n) is 13.2. The first-order valence-corrected chi connectivity index (χ1v) is 7.25. The van der Waals surface area contributed by atoms with Gasteiger partial charge in [-0.3, -0.25) is 0 Å². The SMILES string of the molecule is CC[C@H](C)Nc1nc(Nc2c(F)ccc(F)c2F)cc(C(F)(F)F)n1. The number of alkyl halides is 3. The molecule has 2 aromatic rings. The van der Waals surface area contributed by atoms with Gasteiger partial charge in [0.25, 0.3) is 0 Å². The van der Waals surface area contributed by atoms with Crippen molar-refractivity contribution >= 4 is 17.5 Å². The van der Waals surface area contributed by atoms with Crippen LogP contribution in [0.25, 0.3) is 0 Å². The van der Waals surface area contributed by atoms with E-state index in [0.29, 0.717) is 24.6 Å². The quantitative estimate of drug-likeness (QED) is 0.587. The molecular formula is C15H14F6N4. The summed E-state index contributed by atoms with van der Waals surface area (Å²) in [5.74, 6) is -5.00. The Morgan fingerprint density at radius 1 is 1.08 bits per heavy atom. The molecule has 1 heterocycles. The van der Waals surface area contributed by atoms with Gasteiger partial charge in [-0.15, -0.1) is 0 Å². The predicted octanol–water partition coefficient (Wildman–Crippen LogP) is 4.87. The van der Waals surface area contributed by atoms with Crippen LogP contribution in [-0.4, -0.2) is 16.0 Å². The highest BCUT2D eigenvalue weighted by Gasteiger charge is 2.34. The number of rotatable bonds is 5. The summed E-state index contributed by atoms with van der Waals surface area (Å²) in [7, 11) is 0. The first kappa shape index (κ1) is 18.8. The zero-order chi connectivity index (χ0) is 18.8. The third kappa shape index (κ3) is 4.52. The van der Waals surface area contributed by atoms with Crippen molar-refractivity contribution in [1.29, 1.82) is 0 Å². The second-order valence-electron chi connectivity index (χ2n) is 5.26. The average molecular weight is 364 g/mol. The zero-order valence-corrected chi connectivity index (χ0v) is 13.2. The minimum absolute atomic E-state index is 0.237. The maximum absolute atomic E-state index is 13.7. The molecule has 0 fully saturated rings. The minimum atomic E-state index is -4.80. The van der Waals surface area contributed by atoms with Crippen molar-refractivity contribution in [2.24, 2.45) is 0 Å². The third-order valence-corrected chi connectivity index (χ3v) is 3.30. The van der Waals surface area contributed by atoms with Crippen LogP contribution in [0.4, 0.5) is 43.8 Å². The Labute approximate surface area is 139 Å². The van der Waals surface area contributed by atoms with E-state index in [0.717, 1.165) is 0 Å². The third-order valence-electron chi connectivity index (χ3n) is 3.30. The standard InChI is InChI=1S/C15H14F6N4/c1-3-7(2)22-14-23-10(15(19,20)21)6-11(25-14)24-13-9(17)5-4-8(16)12(13)18/h4-7H,3H2,1-2H3,(H2,22,23,24,25)/t7-/m0/s1. The van der Waals surface area contributed by atoms with E-state index in [1.165, 1.54) is 0 Å². The molecule has 136 valence electrons. The molecule has 0 aliphatic rings. The Bertz CT molecular complexity index is 762. The van der Waals surface area contributed by atoms with Crippen LogP contribution in [0, 0.1) is 17.5 Å². The van der Waals surface area contributed by atoms with Crippen molar-refractivity contribution in [2.45, 2.75) is 32.5 Å². The second-order valence-corrected chi connectivity index (χ2v) is 5.26. The summed E-state index contributed by atoms with van der Waals surface area (Å²) >= 11 is 0. The summed E-state index contributed by atoms with van der Waals surface area (Å²) in [6.45, 7) is 3.49. The molecule has 25 heavy (non-hydrogen) atoms. The van der Waals surface area contributed by atoms with Gasteiger partial charge in [0.1, 0.15) is 17.3 Å². The van der Waals surface area contributed by atoms with Crippen LogP contribution in [0.3, 0.4) is 0 Å². The van der Waals surface area contributed by atoms with Crippen LogP contribution in [0.2, 0.25) is 0 Å². The van der Waals surface area contributed by atoms with E-state index in [1.54, 1.807) is 13.8 Å². The minimum Gasteiger partial charge on any atom is -0.352 e. The monoisotopic (exact) mass is 364 g/mol. The molecule has 0 spiro atoms. The molecule has 0 aliphatic carbocycles. The lowest BCUT2D eigenvalue weighted by Crippen LogP contribution is -2.19. The molecule has 0 unspecified atom stereocenters. The van der Waals surface area contributed by atoms with Gasteiger partial charge < -0.3 is 10.6 Å². The van der Waals surface area contributed by atoms with Crippen molar-refractivity contribution in [1.82, 2.24) is 9.97 Å². The van der Waals surface area contributed by atoms with Crippen LogP contribution in [-0.2, 0) is 6.18 Å². The topological polar surface area (TPSA) is 49.8 Å². The van der Waals surface area contributed by atoms with Gasteiger partial charge in [-0.1, -0.05) is 6.92 Å². The Morgan fingerprint density at radius 2 is 1.72 bits per heavy atom. The summed E-state index contributed by atoms with van der Waals surface area (Å²) < 4.78 is 79.5. The Morgan fingerprint density at radius 3 is 2.32 bits per heavy atom. The molecule has 1 aromatic carbocycles. The molecule has 0 saturated carbocycles. The van der Waals surface area contributed by atoms with Gasteiger partial charge in [-0.05, 0) is 25.5 Å². The van der Waals surface area contributed by atoms with Crippen molar-refractivity contribution in [2.75, 3.05) is 10.6 Å². The number of halogens is 6. The lowest BCUT2D eigenvalue weighted by Gasteiger charge is -2.16. The molecule has 0 saturated heterocycles. The Kier molecular flexibility index (Phi) is 5.39. The summed E-state index contributed by atoms with van der Waals surface area (Å²) in [6, 6.07) is 1.45. The van der Waals surface area contributed by atoms with E-state index in [-0.39, 0.29) is 12.0 Å². The molecule has 0 radical (unpaired) electrons. The lowest BCUT2D eigenvalue weighted by atomic mass is 10.2. The van der Waals surface area contributed by atoms with Crippen molar-refractivity contribution in [3.05, 3.63) is 41.3 Å². The number of aromatic nitrogens is 2. The van der Waals surface area contributed by atoms with Crippen molar-refractivity contribution in [3.8, 4) is 0 Å². The van der Waals surface area contributed by atoms with Gasteiger partial charge in [-0.25, -0.2) is 18.2 Å². The molecule has 4 nitrogen and oxygen atoms in total. The summed E-state index contributed by atoms with van der Waals surface area (Å²) in [5, 5.41) is 4.69. The molecule has 2 rings (SSSR count). The highest BCUT2D eigenvalue weighted by atomic mass is 19.4. The first-order chi connectivity index (χ1) is 11.6. The van der Waals surface area contributed by atoms with Gasteiger partial charge in [-0.2, -0.15) is 18.2 Å². The normalized spacial score (nSPS) is 12.8. The number of nitrogens with zero attached hydrogens (tertiary/aromatic N) is 2. The second kappa shape index (κ2) is 7.16. The van der Waals surface area contributed by atoms with Gasteiger partial charge in [0.15, 0.2) is 17.3 Å². The van der Waals surface area contributed by atoms with Crippen LogP contribution in [0.1, 0.15) is 26.0 Å². The Hall–Kier alpha value is -2.52. The number of anilines is 3. The summed E-state index contributed by atoms with van der Waals surface area (Å²) in [4.78, 5) is 7.10. The van der Waals surface area contributed by atoms with Crippen LogP contribution >= 0.6 is 0 Å². The number of hydrogen-bond acceptors (Lipinski definition) is 4. The largest absolute Gasteiger partial charge is 0.433 e. The summed E-state index contributed by atoms with van der Waals surface area (Å²) in [5.41, 5.74) is -2.26. The molecule has 2 N–H and O–H groups in total. The fourth-order valence-corrected chi connectivity index (χ4v) is 1.81. The smallest absolute Gasteiger partial charge is 0.352 e. The molecule has 1 atom stereocenters. The van der Waals surface area contributed by atoms with Crippen LogP contribution in [0.5, 0.6) is 0 Å². The van der Waals surface area contributed by atoms with Gasteiger partial charge in [0.2, 0.25) is 5.95 Å². The average Bonchev–Trinajstić information content (AvgIpc) is 2.54. The first-order valence-electron chi connectivity index (χ1n) is 7.25. The maximum atomic E-state index is 13.7. The molecule has 1 aromatic heterocycles. The van der Waals surface area contributed by atoms with Crippen molar-refractivity contribution < 1.29 is 26.3 Å². The molecule has 0 amide bonds. The van der Waals surface area contributed by atoms with E-state index < -0.39 is 40.8 Å². The van der Waals surface area contributed by atoms with Gasteiger partial charge >= 0.3 is 6.18 Å². The van der Waals surface area contributed by atoms with E-state index in [9.17, 15) is 26.3 Å². The van der Waals surface area contributed by atoms with E-state index in [2.05, 4.69) is 15.3 Å². The highest BCUT2D eigenvalue weighted by Crippen LogP contribution is 2.31. The fraction of sp³-hybridized carbons (Fsp3) is 0.333. The number of nitrogens with one attached hydrogen (secondary N) is 2. The van der Waals surface area contributed by atoms with E-state index in [4.69, 9.17) is 0 Å². The molecular weight excluding hydrogens is 350 g/mol. The number of benzene rings is 1. The van der Waals surface area contributed by atoms with Crippen LogP contribution < -0.4 is 10.6 Å². The summed E-state index contributed by atoms with van der Waals surface area (Å²) in [6.07, 6.45) is -4.22. The molecule has 0 aliphatic heterocycles. The Balaban J connectivity index is 2.46. The van der Waals surface area contributed by atoms with Crippen LogP contribution in [0.15, 0.2) is 18.2 Å². The van der Waals surface area contributed by atoms with Crippen molar-refractivity contribution in [3.63, 3.8) is 0 Å².